The minimum absolute atomic E-state index is 0.0580. The second-order valence-electron chi connectivity index (χ2n) is 9.05. The van der Waals surface area contributed by atoms with E-state index >= 15 is 0 Å². The average molecular weight is 484 g/mol. The molecule has 0 radical (unpaired) electrons. The number of ether oxygens (including phenoxy) is 4. The number of fused-ring (bicyclic) bond motifs is 3. The van der Waals surface area contributed by atoms with Crippen LogP contribution in [0.2, 0.25) is 0 Å². The summed E-state index contributed by atoms with van der Waals surface area (Å²) in [5.74, 6) is 9.48. The summed E-state index contributed by atoms with van der Waals surface area (Å²) < 4.78 is 23.2. The van der Waals surface area contributed by atoms with Crippen molar-refractivity contribution in [2.24, 2.45) is 0 Å². The van der Waals surface area contributed by atoms with Gasteiger partial charge in [0.15, 0.2) is 17.5 Å². The summed E-state index contributed by atoms with van der Waals surface area (Å²) in [6.07, 6.45) is 0.931. The van der Waals surface area contributed by atoms with Gasteiger partial charge >= 0.3 is 0 Å². The van der Waals surface area contributed by atoms with Crippen LogP contribution in [0.1, 0.15) is 22.7 Å². The van der Waals surface area contributed by atoms with Crippen LogP contribution in [-0.2, 0) is 6.42 Å². The molecule has 1 N–H and O–H groups in total. The normalized spacial score (nSPS) is 17.9. The first-order valence-corrected chi connectivity index (χ1v) is 12.0. The molecule has 3 heterocycles. The van der Waals surface area contributed by atoms with E-state index in [9.17, 15) is 0 Å². The quantitative estimate of drug-likeness (QED) is 0.450. The first-order chi connectivity index (χ1) is 17.6. The number of quaternary nitrogens is 1. The van der Waals surface area contributed by atoms with E-state index in [1.165, 1.54) is 10.5 Å². The molecule has 0 aliphatic carbocycles. The summed E-state index contributed by atoms with van der Waals surface area (Å²) in [7, 11) is 3.82. The Morgan fingerprint density at radius 1 is 1.11 bits per heavy atom. The van der Waals surface area contributed by atoms with Crippen LogP contribution in [0.15, 0.2) is 48.5 Å². The number of aryl methyl sites for hydroxylation is 1. The summed E-state index contributed by atoms with van der Waals surface area (Å²) in [6.45, 7) is 3.45. The molecule has 2 atom stereocenters. The third kappa shape index (κ3) is 3.88. The van der Waals surface area contributed by atoms with Crippen molar-refractivity contribution in [3.8, 4) is 40.5 Å². The highest BCUT2D eigenvalue weighted by atomic mass is 16.7. The first-order valence-electron chi connectivity index (χ1n) is 12.0. The molecule has 8 heteroatoms. The number of hydrogen-bond donors (Lipinski definition) is 1. The third-order valence-electron chi connectivity index (χ3n) is 6.68. The van der Waals surface area contributed by atoms with Crippen LogP contribution in [0.3, 0.4) is 0 Å². The SMILES string of the molecule is COc1c2c(cc3c1[C@@H](C#CCOc1ccc(C)cc1-n1nc4ccccc4n1)[NH+](C)CC3)OCO2. The molecule has 36 heavy (non-hydrogen) atoms. The molecule has 0 saturated carbocycles. The Morgan fingerprint density at radius 3 is 2.69 bits per heavy atom. The number of benzene rings is 3. The monoisotopic (exact) mass is 483 g/mol. The minimum Gasteiger partial charge on any atom is -0.492 e. The van der Waals surface area contributed by atoms with Gasteiger partial charge in [-0.1, -0.05) is 24.1 Å². The summed E-state index contributed by atoms with van der Waals surface area (Å²) in [6, 6.07) is 15.8. The van der Waals surface area contributed by atoms with Crippen LogP contribution in [-0.4, -0.2) is 49.1 Å². The van der Waals surface area contributed by atoms with Gasteiger partial charge < -0.3 is 23.8 Å². The predicted octanol–water partition coefficient (Wildman–Crippen LogP) is 2.66. The summed E-state index contributed by atoms with van der Waals surface area (Å²) in [5.41, 5.74) is 5.82. The van der Waals surface area contributed by atoms with Crippen LogP contribution in [0.4, 0.5) is 0 Å². The van der Waals surface area contributed by atoms with Crippen molar-refractivity contribution in [2.45, 2.75) is 19.4 Å². The number of methoxy groups -OCH3 is 1. The van der Waals surface area contributed by atoms with E-state index in [2.05, 4.69) is 35.2 Å². The third-order valence-corrected chi connectivity index (χ3v) is 6.68. The van der Waals surface area contributed by atoms with Gasteiger partial charge in [0.2, 0.25) is 12.5 Å². The number of aromatic nitrogens is 3. The van der Waals surface area contributed by atoms with Crippen LogP contribution < -0.4 is 23.8 Å². The van der Waals surface area contributed by atoms with Gasteiger partial charge in [-0.3, -0.25) is 0 Å². The summed E-state index contributed by atoms with van der Waals surface area (Å²) in [4.78, 5) is 2.93. The lowest BCUT2D eigenvalue weighted by Gasteiger charge is -2.30. The molecule has 1 unspecified atom stereocenters. The molecule has 0 amide bonds. The molecule has 0 spiro atoms. The zero-order valence-electron chi connectivity index (χ0n) is 20.5. The van der Waals surface area contributed by atoms with Gasteiger partial charge in [-0.25, -0.2) is 0 Å². The largest absolute Gasteiger partial charge is 0.492 e. The Bertz CT molecular complexity index is 1480. The van der Waals surface area contributed by atoms with Gasteiger partial charge in [-0.15, -0.1) is 15.0 Å². The molecule has 3 aromatic carbocycles. The molecule has 2 aliphatic heterocycles. The van der Waals surface area contributed by atoms with Crippen LogP contribution >= 0.6 is 0 Å². The van der Waals surface area contributed by atoms with E-state index in [0.717, 1.165) is 52.3 Å². The van der Waals surface area contributed by atoms with Crippen LogP contribution in [0.25, 0.3) is 16.7 Å². The summed E-state index contributed by atoms with van der Waals surface area (Å²) in [5, 5.41) is 9.24. The Hall–Kier alpha value is -4.22. The van der Waals surface area contributed by atoms with Gasteiger partial charge in [-0.05, 0) is 54.3 Å². The lowest BCUT2D eigenvalue weighted by Crippen LogP contribution is -3.10. The van der Waals surface area contributed by atoms with Crippen molar-refractivity contribution < 1.29 is 23.8 Å². The number of rotatable bonds is 4. The minimum atomic E-state index is -0.0580. The highest BCUT2D eigenvalue weighted by molar-refractivity contribution is 5.73. The second kappa shape index (κ2) is 9.10. The molecule has 6 rings (SSSR count). The van der Waals surface area contributed by atoms with E-state index in [-0.39, 0.29) is 19.4 Å². The predicted molar refractivity (Wildman–Crippen MR) is 134 cm³/mol. The molecule has 1 aromatic heterocycles. The van der Waals surface area contributed by atoms with Crippen LogP contribution in [0.5, 0.6) is 23.0 Å². The lowest BCUT2D eigenvalue weighted by molar-refractivity contribution is -0.905. The molecular formula is C28H27N4O4+. The molecular weight excluding hydrogens is 456 g/mol. The zero-order valence-corrected chi connectivity index (χ0v) is 20.5. The highest BCUT2D eigenvalue weighted by Crippen LogP contribution is 2.47. The smallest absolute Gasteiger partial charge is 0.231 e. The zero-order chi connectivity index (χ0) is 24.6. The summed E-state index contributed by atoms with van der Waals surface area (Å²) >= 11 is 0. The van der Waals surface area contributed by atoms with Crippen molar-refractivity contribution in [1.82, 2.24) is 15.0 Å². The van der Waals surface area contributed by atoms with Gasteiger partial charge in [0, 0.05) is 6.42 Å². The van der Waals surface area contributed by atoms with E-state index in [0.29, 0.717) is 11.5 Å². The van der Waals surface area contributed by atoms with Gasteiger partial charge in [0.1, 0.15) is 29.1 Å². The Labute approximate surface area is 209 Å². The average Bonchev–Trinajstić information content (AvgIpc) is 3.54. The standard InChI is InChI=1S/C28H26N4O4/c1-18-10-11-24(23(15-18)32-29-20-7-4-5-8-21(20)30-32)34-14-6-9-22-26-19(12-13-31(22)2)16-25-27(28(26)33-3)36-17-35-25/h4-5,7-8,10-11,15-16,22H,12-14,17H2,1-3H3/p+1/t22-/m1/s1. The van der Waals surface area contributed by atoms with Crippen molar-refractivity contribution in [1.29, 1.82) is 0 Å². The fraction of sp³-hybridized carbons (Fsp3) is 0.286. The Kier molecular flexibility index (Phi) is 5.62. The molecule has 0 bridgehead atoms. The van der Waals surface area contributed by atoms with Crippen molar-refractivity contribution in [3.63, 3.8) is 0 Å². The Morgan fingerprint density at radius 2 is 1.92 bits per heavy atom. The molecule has 4 aromatic rings. The molecule has 0 fully saturated rings. The molecule has 0 saturated heterocycles. The highest BCUT2D eigenvalue weighted by Gasteiger charge is 2.35. The maximum atomic E-state index is 6.13. The lowest BCUT2D eigenvalue weighted by atomic mass is 9.91. The van der Waals surface area contributed by atoms with Crippen molar-refractivity contribution >= 4 is 11.0 Å². The van der Waals surface area contributed by atoms with E-state index in [1.807, 2.05) is 49.4 Å². The maximum Gasteiger partial charge on any atom is 0.231 e. The number of hydrogen-bond acceptors (Lipinski definition) is 6. The maximum absolute atomic E-state index is 6.13. The van der Waals surface area contributed by atoms with E-state index < -0.39 is 0 Å². The first kappa shape index (κ1) is 22.3. The number of likely N-dealkylation sites (N-methyl/N-ethyl adjacent to an activating group) is 1. The van der Waals surface area contributed by atoms with E-state index in [4.69, 9.17) is 18.9 Å². The van der Waals surface area contributed by atoms with Crippen molar-refractivity contribution in [2.75, 3.05) is 34.1 Å². The van der Waals surface area contributed by atoms with Crippen LogP contribution in [0, 0.1) is 18.8 Å². The fourth-order valence-electron chi connectivity index (χ4n) is 4.85. The second-order valence-corrected chi connectivity index (χ2v) is 9.05. The topological polar surface area (TPSA) is 72.1 Å². The van der Waals surface area contributed by atoms with Gasteiger partial charge in [-0.2, -0.15) is 0 Å². The van der Waals surface area contributed by atoms with Crippen molar-refractivity contribution in [3.05, 3.63) is 65.2 Å². The molecule has 8 nitrogen and oxygen atoms in total. The molecule has 182 valence electrons. The molecule has 2 aliphatic rings. The van der Waals surface area contributed by atoms with Gasteiger partial charge in [0.05, 0.1) is 26.3 Å². The fourth-order valence-corrected chi connectivity index (χ4v) is 4.85. The number of nitrogens with one attached hydrogen (secondary N) is 1. The Balaban J connectivity index is 1.27. The van der Waals surface area contributed by atoms with Gasteiger partial charge in [0.25, 0.3) is 0 Å². The van der Waals surface area contributed by atoms with E-state index in [1.54, 1.807) is 11.9 Å². The number of nitrogens with zero attached hydrogens (tertiary/aromatic N) is 3.